The van der Waals surface area contributed by atoms with E-state index in [0.717, 1.165) is 6.42 Å². The molecule has 0 aromatic carbocycles. The first-order valence-electron chi connectivity index (χ1n) is 8.35. The molecule has 0 bridgehead atoms. The fourth-order valence-corrected chi connectivity index (χ4v) is 2.85. The van der Waals surface area contributed by atoms with E-state index in [1.165, 1.54) is 35.5 Å². The van der Waals surface area contributed by atoms with E-state index in [1.807, 2.05) is 5.38 Å². The normalized spacial score (nSPS) is 11.6. The van der Waals surface area contributed by atoms with E-state index in [-0.39, 0.29) is 11.7 Å². The summed E-state index contributed by atoms with van der Waals surface area (Å²) in [6.07, 6.45) is 4.63. The highest BCUT2D eigenvalue weighted by molar-refractivity contribution is 7.14. The molecule has 2 aromatic heterocycles. The summed E-state index contributed by atoms with van der Waals surface area (Å²) >= 11 is 1.41. The van der Waals surface area contributed by atoms with E-state index in [9.17, 15) is 4.79 Å². The molecular weight excluding hydrogens is 338 g/mol. The van der Waals surface area contributed by atoms with Crippen molar-refractivity contribution in [3.8, 4) is 11.5 Å². The van der Waals surface area contributed by atoms with Crippen LogP contribution in [0.4, 0.5) is 5.13 Å². The summed E-state index contributed by atoms with van der Waals surface area (Å²) in [6.45, 7) is 2.89. The second-order valence-corrected chi connectivity index (χ2v) is 6.71. The number of unbranched alkanes of at least 4 members (excludes halogenated alkanes) is 3. The second-order valence-electron chi connectivity index (χ2n) is 5.85. The molecule has 0 unspecified atom stereocenters. The average Bonchev–Trinajstić information content (AvgIpc) is 3.23. The maximum absolute atomic E-state index is 11.9. The Morgan fingerprint density at radius 1 is 1.36 bits per heavy atom. The predicted octanol–water partition coefficient (Wildman–Crippen LogP) is 3.41. The highest BCUT2D eigenvalue weighted by Crippen LogP contribution is 2.26. The van der Waals surface area contributed by atoms with Gasteiger partial charge < -0.3 is 20.4 Å². The number of nitrogens with two attached hydrogens (primary N) is 1. The molecule has 0 radical (unpaired) electrons. The maximum Gasteiger partial charge on any atom is 0.289 e. The number of guanidine groups is 1. The van der Waals surface area contributed by atoms with E-state index in [0.29, 0.717) is 29.1 Å². The van der Waals surface area contributed by atoms with Crippen molar-refractivity contribution >= 4 is 28.3 Å². The lowest BCUT2D eigenvalue weighted by Crippen LogP contribution is -2.22. The lowest BCUT2D eigenvalue weighted by molar-refractivity contribution is 0.0797. The number of nitrogens with one attached hydrogen (secondary N) is 1. The third-order valence-electron chi connectivity index (χ3n) is 3.51. The van der Waals surface area contributed by atoms with E-state index < -0.39 is 0 Å². The summed E-state index contributed by atoms with van der Waals surface area (Å²) in [5.74, 6) is 1.01. The standard InChI is InChI=1S/C17H25N5O2S/c1-4-5-6-7-10-19-16(18)21-17-20-12(11-25-17)13-8-9-14(24-13)15(23)22(2)3/h8-9,11H,4-7,10H2,1-3H3,(H3,18,19,20,21). The Balaban J connectivity index is 1.93. The number of anilines is 1. The Bertz CT molecular complexity index is 720. The molecule has 0 fully saturated rings. The Morgan fingerprint density at radius 2 is 2.16 bits per heavy atom. The number of aliphatic imine (C=N–C) groups is 1. The first kappa shape index (κ1) is 19.0. The van der Waals surface area contributed by atoms with Gasteiger partial charge in [-0.1, -0.05) is 26.2 Å². The molecule has 8 heteroatoms. The van der Waals surface area contributed by atoms with Gasteiger partial charge in [-0.2, -0.15) is 0 Å². The fourth-order valence-electron chi connectivity index (χ4n) is 2.14. The molecule has 2 heterocycles. The monoisotopic (exact) mass is 363 g/mol. The van der Waals surface area contributed by atoms with Crippen LogP contribution in [-0.2, 0) is 0 Å². The topological polar surface area (TPSA) is 96.8 Å². The first-order valence-corrected chi connectivity index (χ1v) is 9.23. The summed E-state index contributed by atoms with van der Waals surface area (Å²) in [6, 6.07) is 3.39. The van der Waals surface area contributed by atoms with Crippen molar-refractivity contribution in [1.82, 2.24) is 9.88 Å². The molecule has 136 valence electrons. The number of hydrogen-bond acceptors (Lipinski definition) is 5. The number of nitrogens with zero attached hydrogens (tertiary/aromatic N) is 3. The minimum atomic E-state index is -0.181. The van der Waals surface area contributed by atoms with Crippen molar-refractivity contribution in [2.75, 3.05) is 26.0 Å². The van der Waals surface area contributed by atoms with Crippen LogP contribution in [0.5, 0.6) is 0 Å². The van der Waals surface area contributed by atoms with Crippen molar-refractivity contribution in [2.45, 2.75) is 32.6 Å². The molecule has 2 rings (SSSR count). The van der Waals surface area contributed by atoms with Gasteiger partial charge in [0.25, 0.3) is 5.91 Å². The molecule has 0 aliphatic carbocycles. The molecule has 0 spiro atoms. The highest BCUT2D eigenvalue weighted by atomic mass is 32.1. The number of carbonyl (C=O) groups excluding carboxylic acids is 1. The molecule has 0 aliphatic rings. The van der Waals surface area contributed by atoms with Crippen LogP contribution in [0.3, 0.4) is 0 Å². The minimum absolute atomic E-state index is 0.181. The Kier molecular flexibility index (Phi) is 7.00. The largest absolute Gasteiger partial charge is 0.449 e. The van der Waals surface area contributed by atoms with Crippen molar-refractivity contribution in [3.05, 3.63) is 23.3 Å². The highest BCUT2D eigenvalue weighted by Gasteiger charge is 2.15. The van der Waals surface area contributed by atoms with Gasteiger partial charge in [0.1, 0.15) is 5.69 Å². The van der Waals surface area contributed by atoms with Crippen LogP contribution < -0.4 is 11.1 Å². The molecule has 2 aromatic rings. The SMILES string of the molecule is CCCCCCN=C(N)Nc1nc(-c2ccc(C(=O)N(C)C)o2)cs1. The Hall–Kier alpha value is -2.35. The number of aromatic nitrogens is 1. The average molecular weight is 363 g/mol. The van der Waals surface area contributed by atoms with Gasteiger partial charge in [0.15, 0.2) is 22.6 Å². The summed E-state index contributed by atoms with van der Waals surface area (Å²) in [5, 5.41) is 5.48. The number of carbonyl (C=O) groups is 1. The van der Waals surface area contributed by atoms with Gasteiger partial charge in [-0.25, -0.2) is 4.98 Å². The van der Waals surface area contributed by atoms with Crippen LogP contribution in [0.2, 0.25) is 0 Å². The van der Waals surface area contributed by atoms with E-state index in [2.05, 4.69) is 22.2 Å². The molecule has 0 atom stereocenters. The van der Waals surface area contributed by atoms with Gasteiger partial charge in [-0.05, 0) is 18.6 Å². The van der Waals surface area contributed by atoms with Crippen LogP contribution in [0, 0.1) is 0 Å². The number of thiazole rings is 1. The summed E-state index contributed by atoms with van der Waals surface area (Å²) in [4.78, 5) is 22.1. The maximum atomic E-state index is 11.9. The van der Waals surface area contributed by atoms with Gasteiger partial charge in [0, 0.05) is 26.0 Å². The van der Waals surface area contributed by atoms with Crippen LogP contribution in [-0.4, -0.2) is 42.4 Å². The predicted molar refractivity (Wildman–Crippen MR) is 102 cm³/mol. The Morgan fingerprint density at radius 3 is 2.88 bits per heavy atom. The molecule has 0 saturated heterocycles. The zero-order valence-electron chi connectivity index (χ0n) is 14.9. The number of amides is 1. The van der Waals surface area contributed by atoms with Gasteiger partial charge >= 0.3 is 0 Å². The Labute approximate surface area is 151 Å². The zero-order valence-corrected chi connectivity index (χ0v) is 15.7. The number of rotatable bonds is 8. The van der Waals surface area contributed by atoms with Crippen molar-refractivity contribution < 1.29 is 9.21 Å². The van der Waals surface area contributed by atoms with Crippen molar-refractivity contribution in [3.63, 3.8) is 0 Å². The molecule has 3 N–H and O–H groups in total. The van der Waals surface area contributed by atoms with Crippen molar-refractivity contribution in [1.29, 1.82) is 0 Å². The quantitative estimate of drug-likeness (QED) is 0.425. The van der Waals surface area contributed by atoms with E-state index in [1.54, 1.807) is 26.2 Å². The van der Waals surface area contributed by atoms with Crippen LogP contribution in [0.15, 0.2) is 26.9 Å². The lowest BCUT2D eigenvalue weighted by atomic mass is 10.2. The molecule has 25 heavy (non-hydrogen) atoms. The van der Waals surface area contributed by atoms with Crippen LogP contribution in [0.25, 0.3) is 11.5 Å². The van der Waals surface area contributed by atoms with E-state index >= 15 is 0 Å². The molecular formula is C17H25N5O2S. The fraction of sp³-hybridized carbons (Fsp3) is 0.471. The smallest absolute Gasteiger partial charge is 0.289 e. The summed E-state index contributed by atoms with van der Waals surface area (Å²) in [7, 11) is 3.36. The van der Waals surface area contributed by atoms with Crippen molar-refractivity contribution in [2.24, 2.45) is 10.7 Å². The summed E-state index contributed by atoms with van der Waals surface area (Å²) in [5.41, 5.74) is 6.53. The van der Waals surface area contributed by atoms with Gasteiger partial charge in [-0.15, -0.1) is 11.3 Å². The second kappa shape index (κ2) is 9.22. The minimum Gasteiger partial charge on any atom is -0.449 e. The molecule has 7 nitrogen and oxygen atoms in total. The van der Waals surface area contributed by atoms with Crippen LogP contribution in [0.1, 0.15) is 43.2 Å². The third-order valence-corrected chi connectivity index (χ3v) is 4.27. The van der Waals surface area contributed by atoms with Crippen LogP contribution >= 0.6 is 11.3 Å². The summed E-state index contributed by atoms with van der Waals surface area (Å²) < 4.78 is 5.58. The molecule has 1 amide bonds. The first-order chi connectivity index (χ1) is 12.0. The molecule has 0 aliphatic heterocycles. The van der Waals surface area contributed by atoms with Gasteiger partial charge in [-0.3, -0.25) is 9.79 Å². The lowest BCUT2D eigenvalue weighted by Gasteiger charge is -2.06. The number of hydrogen-bond donors (Lipinski definition) is 2. The number of furan rings is 1. The zero-order chi connectivity index (χ0) is 18.2. The van der Waals surface area contributed by atoms with Gasteiger partial charge in [0.05, 0.1) is 0 Å². The van der Waals surface area contributed by atoms with E-state index in [4.69, 9.17) is 10.2 Å². The van der Waals surface area contributed by atoms with Gasteiger partial charge in [0.2, 0.25) is 0 Å². The third kappa shape index (κ3) is 5.60. The molecule has 0 saturated carbocycles.